The van der Waals surface area contributed by atoms with Crippen molar-refractivity contribution in [2.45, 2.75) is 18.9 Å². The van der Waals surface area contributed by atoms with Crippen LogP contribution in [0.25, 0.3) is 0 Å². The van der Waals surface area contributed by atoms with Crippen molar-refractivity contribution in [3.05, 3.63) is 30.1 Å². The molecule has 1 atom stereocenters. The van der Waals surface area contributed by atoms with Crippen LogP contribution >= 0.6 is 0 Å². The van der Waals surface area contributed by atoms with Crippen molar-refractivity contribution < 1.29 is 14.3 Å². The Bertz CT molecular complexity index is 425. The van der Waals surface area contributed by atoms with Crippen LogP contribution in [0.1, 0.15) is 12.8 Å². The number of amides is 1. The van der Waals surface area contributed by atoms with Gasteiger partial charge in [0, 0.05) is 24.8 Å². The Kier molecular flexibility index (Phi) is 4.15. The molecular formula is C13H17FN2O2. The number of hydrogen-bond donors (Lipinski definition) is 2. The zero-order chi connectivity index (χ0) is 13.0. The van der Waals surface area contributed by atoms with Gasteiger partial charge in [-0.3, -0.25) is 4.79 Å². The van der Waals surface area contributed by atoms with E-state index in [2.05, 4.69) is 10.2 Å². The molecule has 1 aromatic rings. The summed E-state index contributed by atoms with van der Waals surface area (Å²) in [4.78, 5) is 13.2. The molecule has 18 heavy (non-hydrogen) atoms. The van der Waals surface area contributed by atoms with E-state index in [9.17, 15) is 9.18 Å². The molecule has 2 N–H and O–H groups in total. The zero-order valence-electron chi connectivity index (χ0n) is 10.1. The van der Waals surface area contributed by atoms with Crippen LogP contribution in [0.4, 0.5) is 10.1 Å². The topological polar surface area (TPSA) is 52.6 Å². The summed E-state index contributed by atoms with van der Waals surface area (Å²) in [5.74, 6) is -0.616. The van der Waals surface area contributed by atoms with E-state index >= 15 is 0 Å². The Morgan fingerprint density at radius 1 is 1.56 bits per heavy atom. The summed E-state index contributed by atoms with van der Waals surface area (Å²) in [6.07, 6.45) is 1.82. The van der Waals surface area contributed by atoms with E-state index in [0.717, 1.165) is 25.1 Å². The van der Waals surface area contributed by atoms with Crippen LogP contribution < -0.4 is 10.2 Å². The number of carbonyl (C=O) groups excluding carboxylic acids is 1. The minimum Gasteiger partial charge on any atom is -0.387 e. The van der Waals surface area contributed by atoms with Crippen molar-refractivity contribution in [2.24, 2.45) is 0 Å². The number of rotatable bonds is 3. The van der Waals surface area contributed by atoms with E-state index < -0.39 is 6.61 Å². The average molecular weight is 252 g/mol. The Balaban J connectivity index is 2.00. The number of benzene rings is 1. The molecule has 5 heteroatoms. The molecule has 0 saturated carbocycles. The van der Waals surface area contributed by atoms with E-state index in [1.165, 1.54) is 12.1 Å². The van der Waals surface area contributed by atoms with E-state index in [0.29, 0.717) is 6.54 Å². The standard InChI is InChI=1S/C13H17FN2O2/c14-10-3-1-5-12(7-10)16-6-2-4-11(8-16)15-13(18)9-17/h1,3,5,7,11,17H,2,4,6,8-9H2,(H,15,18). The molecule has 1 aliphatic rings. The van der Waals surface area contributed by atoms with Crippen molar-refractivity contribution in [3.63, 3.8) is 0 Å². The first kappa shape index (κ1) is 12.8. The molecule has 1 amide bonds. The number of nitrogens with zero attached hydrogens (tertiary/aromatic N) is 1. The van der Waals surface area contributed by atoms with E-state index in [1.807, 2.05) is 6.07 Å². The smallest absolute Gasteiger partial charge is 0.245 e. The Hall–Kier alpha value is -1.62. The van der Waals surface area contributed by atoms with Gasteiger partial charge in [-0.1, -0.05) is 6.07 Å². The molecule has 0 radical (unpaired) electrons. The van der Waals surface area contributed by atoms with Crippen LogP contribution in [-0.4, -0.2) is 36.8 Å². The average Bonchev–Trinajstić information content (AvgIpc) is 2.39. The molecule has 98 valence electrons. The molecule has 0 aliphatic carbocycles. The lowest BCUT2D eigenvalue weighted by Gasteiger charge is -2.34. The summed E-state index contributed by atoms with van der Waals surface area (Å²) < 4.78 is 13.2. The quantitative estimate of drug-likeness (QED) is 0.840. The largest absolute Gasteiger partial charge is 0.387 e. The molecule has 0 spiro atoms. The number of halogens is 1. The Morgan fingerprint density at radius 3 is 3.11 bits per heavy atom. The molecule has 1 unspecified atom stereocenters. The fourth-order valence-electron chi connectivity index (χ4n) is 2.28. The summed E-state index contributed by atoms with van der Waals surface area (Å²) in [6, 6.07) is 6.47. The SMILES string of the molecule is O=C(CO)NC1CCCN(c2cccc(F)c2)C1. The number of aliphatic hydroxyl groups is 1. The van der Waals surface area contributed by atoms with Crippen LogP contribution in [0.15, 0.2) is 24.3 Å². The van der Waals surface area contributed by atoms with Gasteiger partial charge in [0.15, 0.2) is 0 Å². The van der Waals surface area contributed by atoms with Crippen LogP contribution in [0.3, 0.4) is 0 Å². The zero-order valence-corrected chi connectivity index (χ0v) is 10.1. The minimum absolute atomic E-state index is 0.0154. The van der Waals surface area contributed by atoms with Crippen LogP contribution in [0, 0.1) is 5.82 Å². The molecule has 1 saturated heterocycles. The van der Waals surface area contributed by atoms with Gasteiger partial charge in [0.05, 0.1) is 0 Å². The van der Waals surface area contributed by atoms with Crippen LogP contribution in [0.2, 0.25) is 0 Å². The van der Waals surface area contributed by atoms with E-state index in [-0.39, 0.29) is 17.8 Å². The predicted molar refractivity (Wildman–Crippen MR) is 66.9 cm³/mol. The summed E-state index contributed by atoms with van der Waals surface area (Å²) >= 11 is 0. The van der Waals surface area contributed by atoms with Gasteiger partial charge in [-0.2, -0.15) is 0 Å². The van der Waals surface area contributed by atoms with Crippen molar-refractivity contribution in [2.75, 3.05) is 24.6 Å². The van der Waals surface area contributed by atoms with E-state index in [4.69, 9.17) is 5.11 Å². The van der Waals surface area contributed by atoms with Gasteiger partial charge in [-0.15, -0.1) is 0 Å². The summed E-state index contributed by atoms with van der Waals surface area (Å²) in [5.41, 5.74) is 0.831. The summed E-state index contributed by atoms with van der Waals surface area (Å²) in [6.45, 7) is 1.01. The predicted octanol–water partition coefficient (Wildman–Crippen LogP) is 0.903. The molecular weight excluding hydrogens is 235 g/mol. The van der Waals surface area contributed by atoms with Crippen molar-refractivity contribution in [1.82, 2.24) is 5.32 Å². The number of nitrogens with one attached hydrogen (secondary N) is 1. The van der Waals surface area contributed by atoms with Gasteiger partial charge < -0.3 is 15.3 Å². The van der Waals surface area contributed by atoms with Crippen molar-refractivity contribution >= 4 is 11.6 Å². The van der Waals surface area contributed by atoms with Gasteiger partial charge in [0.1, 0.15) is 12.4 Å². The highest BCUT2D eigenvalue weighted by molar-refractivity contribution is 5.77. The first-order valence-electron chi connectivity index (χ1n) is 6.10. The van der Waals surface area contributed by atoms with Crippen molar-refractivity contribution in [3.8, 4) is 0 Å². The second kappa shape index (κ2) is 5.82. The Labute approximate surface area is 105 Å². The summed E-state index contributed by atoms with van der Waals surface area (Å²) in [7, 11) is 0. The highest BCUT2D eigenvalue weighted by Crippen LogP contribution is 2.20. The Morgan fingerprint density at radius 2 is 2.39 bits per heavy atom. The monoisotopic (exact) mass is 252 g/mol. The summed E-state index contributed by atoms with van der Waals surface area (Å²) in [5, 5.41) is 11.5. The lowest BCUT2D eigenvalue weighted by atomic mass is 10.0. The third kappa shape index (κ3) is 3.20. The molecule has 1 aliphatic heterocycles. The molecule has 4 nitrogen and oxygen atoms in total. The third-order valence-electron chi connectivity index (χ3n) is 3.10. The molecule has 1 fully saturated rings. The number of anilines is 1. The number of hydrogen-bond acceptors (Lipinski definition) is 3. The molecule has 0 bridgehead atoms. The van der Waals surface area contributed by atoms with Crippen LogP contribution in [-0.2, 0) is 4.79 Å². The molecule has 2 rings (SSSR count). The maximum Gasteiger partial charge on any atom is 0.245 e. The number of aliphatic hydroxyl groups excluding tert-OH is 1. The minimum atomic E-state index is -0.490. The van der Waals surface area contributed by atoms with Gasteiger partial charge in [0.2, 0.25) is 5.91 Å². The second-order valence-corrected chi connectivity index (χ2v) is 4.49. The maximum atomic E-state index is 13.2. The third-order valence-corrected chi connectivity index (χ3v) is 3.10. The normalized spacial score (nSPS) is 19.7. The highest BCUT2D eigenvalue weighted by atomic mass is 19.1. The van der Waals surface area contributed by atoms with Crippen LogP contribution in [0.5, 0.6) is 0 Å². The molecule has 1 aromatic carbocycles. The highest BCUT2D eigenvalue weighted by Gasteiger charge is 2.21. The second-order valence-electron chi connectivity index (χ2n) is 4.49. The lowest BCUT2D eigenvalue weighted by molar-refractivity contribution is -0.124. The number of carbonyl (C=O) groups is 1. The molecule has 0 aromatic heterocycles. The van der Waals surface area contributed by atoms with Gasteiger partial charge >= 0.3 is 0 Å². The fourth-order valence-corrected chi connectivity index (χ4v) is 2.28. The fraction of sp³-hybridized carbons (Fsp3) is 0.462. The van der Waals surface area contributed by atoms with Gasteiger partial charge in [-0.05, 0) is 31.0 Å². The van der Waals surface area contributed by atoms with E-state index in [1.54, 1.807) is 6.07 Å². The first-order chi connectivity index (χ1) is 8.69. The lowest BCUT2D eigenvalue weighted by Crippen LogP contribution is -2.48. The number of piperidine rings is 1. The van der Waals surface area contributed by atoms with Crippen molar-refractivity contribution in [1.29, 1.82) is 0 Å². The van der Waals surface area contributed by atoms with Gasteiger partial charge in [0.25, 0.3) is 0 Å². The first-order valence-corrected chi connectivity index (χ1v) is 6.10. The maximum absolute atomic E-state index is 13.2. The van der Waals surface area contributed by atoms with Gasteiger partial charge in [-0.25, -0.2) is 4.39 Å². The molecule has 1 heterocycles.